The van der Waals surface area contributed by atoms with E-state index in [2.05, 4.69) is 5.43 Å². The van der Waals surface area contributed by atoms with E-state index in [1.165, 1.54) is 9.80 Å². The molecular weight excluding hydrogens is 264 g/mol. The average molecular weight is 284 g/mol. The Kier molecular flexibility index (Phi) is 4.56. The number of piperazine rings is 1. The number of likely N-dealkylation sites (N-methyl/N-ethyl adjacent to an activating group) is 1. The summed E-state index contributed by atoms with van der Waals surface area (Å²) in [6, 6.07) is 0. The molecule has 0 saturated carbocycles. The van der Waals surface area contributed by atoms with Gasteiger partial charge < -0.3 is 14.5 Å². The second kappa shape index (κ2) is 6.19. The molecule has 2 saturated heterocycles. The second-order valence-corrected chi connectivity index (χ2v) is 4.97. The minimum atomic E-state index is -0.562. The molecule has 20 heavy (non-hydrogen) atoms. The van der Waals surface area contributed by atoms with Crippen molar-refractivity contribution in [3.8, 4) is 0 Å². The monoisotopic (exact) mass is 284 g/mol. The van der Waals surface area contributed by atoms with Gasteiger partial charge >= 0.3 is 11.8 Å². The molecule has 0 bridgehead atoms. The Balaban J connectivity index is 1.87. The number of nitrogens with zero attached hydrogens (tertiary/aromatic N) is 2. The molecule has 0 spiro atoms. The molecule has 2 unspecified atom stereocenters. The maximum atomic E-state index is 11.9. The van der Waals surface area contributed by atoms with Crippen LogP contribution in [0.4, 0.5) is 0 Å². The Morgan fingerprint density at radius 3 is 2.60 bits per heavy atom. The van der Waals surface area contributed by atoms with Crippen molar-refractivity contribution in [1.82, 2.24) is 15.2 Å². The molecule has 2 atom stereocenters. The molecular formula is C12H20N4O4. The van der Waals surface area contributed by atoms with Crippen LogP contribution in [0.1, 0.15) is 19.8 Å². The van der Waals surface area contributed by atoms with Crippen molar-refractivity contribution in [3.63, 3.8) is 0 Å². The van der Waals surface area contributed by atoms with Crippen molar-refractivity contribution in [3.05, 3.63) is 0 Å². The lowest BCUT2D eigenvalue weighted by molar-refractivity contribution is -0.157. The molecule has 8 heteroatoms. The van der Waals surface area contributed by atoms with Crippen LogP contribution < -0.4 is 11.3 Å². The van der Waals surface area contributed by atoms with Gasteiger partial charge in [-0.1, -0.05) is 0 Å². The van der Waals surface area contributed by atoms with E-state index in [0.717, 1.165) is 0 Å². The lowest BCUT2D eigenvalue weighted by Gasteiger charge is -2.34. The fraction of sp³-hybridized carbons (Fsp3) is 0.750. The van der Waals surface area contributed by atoms with Gasteiger partial charge in [0.1, 0.15) is 6.10 Å². The molecule has 112 valence electrons. The van der Waals surface area contributed by atoms with Gasteiger partial charge in [-0.15, -0.1) is 0 Å². The third-order valence-electron chi connectivity index (χ3n) is 3.75. The summed E-state index contributed by atoms with van der Waals surface area (Å²) in [5.74, 6) is 3.75. The first-order valence-electron chi connectivity index (χ1n) is 6.81. The smallest absolute Gasteiger partial charge is 0.312 e. The number of hydrogen-bond acceptors (Lipinski definition) is 5. The van der Waals surface area contributed by atoms with E-state index < -0.39 is 17.9 Å². The third kappa shape index (κ3) is 2.91. The van der Waals surface area contributed by atoms with E-state index in [4.69, 9.17) is 10.6 Å². The predicted molar refractivity (Wildman–Crippen MR) is 69.1 cm³/mol. The summed E-state index contributed by atoms with van der Waals surface area (Å²) >= 11 is 0. The average Bonchev–Trinajstić information content (AvgIpc) is 2.92. The van der Waals surface area contributed by atoms with Gasteiger partial charge in [-0.25, -0.2) is 5.84 Å². The molecule has 0 aromatic carbocycles. The lowest BCUT2D eigenvalue weighted by Crippen LogP contribution is -2.55. The number of hydrogen-bond donors (Lipinski definition) is 2. The first-order chi connectivity index (χ1) is 9.56. The normalized spacial score (nSPS) is 27.1. The third-order valence-corrected chi connectivity index (χ3v) is 3.75. The zero-order valence-electron chi connectivity index (χ0n) is 11.5. The highest BCUT2D eigenvalue weighted by Crippen LogP contribution is 2.21. The van der Waals surface area contributed by atoms with Crippen molar-refractivity contribution >= 4 is 17.7 Å². The molecule has 0 aromatic rings. The summed E-state index contributed by atoms with van der Waals surface area (Å²) < 4.78 is 5.54. The van der Waals surface area contributed by atoms with Gasteiger partial charge in [-0.3, -0.25) is 19.8 Å². The van der Waals surface area contributed by atoms with E-state index in [-0.39, 0.29) is 12.0 Å². The van der Waals surface area contributed by atoms with Crippen molar-refractivity contribution < 1.29 is 19.1 Å². The molecule has 0 aromatic heterocycles. The Morgan fingerprint density at radius 2 is 1.95 bits per heavy atom. The van der Waals surface area contributed by atoms with Crippen LogP contribution in [0.5, 0.6) is 0 Å². The summed E-state index contributed by atoms with van der Waals surface area (Å²) in [6.07, 6.45) is 0.466. The van der Waals surface area contributed by atoms with Crippen molar-refractivity contribution in [2.75, 3.05) is 26.2 Å². The SMILES string of the molecule is CCN1CCN(CC2CCC(C(=O)NN)O2)C(=O)C1=O. The summed E-state index contributed by atoms with van der Waals surface area (Å²) in [7, 11) is 0. The highest BCUT2D eigenvalue weighted by Gasteiger charge is 2.36. The van der Waals surface area contributed by atoms with Gasteiger partial charge in [0.05, 0.1) is 6.10 Å². The number of ether oxygens (including phenoxy) is 1. The Morgan fingerprint density at radius 1 is 1.30 bits per heavy atom. The van der Waals surface area contributed by atoms with Crippen molar-refractivity contribution in [2.45, 2.75) is 32.0 Å². The molecule has 0 aliphatic carbocycles. The number of nitrogens with one attached hydrogen (secondary N) is 1. The summed E-state index contributed by atoms with van der Waals surface area (Å²) in [5.41, 5.74) is 2.06. The molecule has 2 aliphatic heterocycles. The van der Waals surface area contributed by atoms with Gasteiger partial charge in [0.2, 0.25) is 0 Å². The zero-order chi connectivity index (χ0) is 14.7. The van der Waals surface area contributed by atoms with E-state index in [0.29, 0.717) is 39.0 Å². The quantitative estimate of drug-likeness (QED) is 0.275. The summed E-state index contributed by atoms with van der Waals surface area (Å²) in [4.78, 5) is 38.1. The van der Waals surface area contributed by atoms with Crippen LogP contribution in [0, 0.1) is 0 Å². The minimum absolute atomic E-state index is 0.220. The largest absolute Gasteiger partial charge is 0.363 e. The molecule has 2 heterocycles. The number of carbonyl (C=O) groups is 3. The first-order valence-corrected chi connectivity index (χ1v) is 6.81. The minimum Gasteiger partial charge on any atom is -0.363 e. The molecule has 8 nitrogen and oxygen atoms in total. The molecule has 0 radical (unpaired) electrons. The lowest BCUT2D eigenvalue weighted by atomic mass is 10.1. The van der Waals surface area contributed by atoms with Crippen LogP contribution in [0.2, 0.25) is 0 Å². The topological polar surface area (TPSA) is 105 Å². The predicted octanol–water partition coefficient (Wildman–Crippen LogP) is -1.79. The van der Waals surface area contributed by atoms with E-state index in [9.17, 15) is 14.4 Å². The van der Waals surface area contributed by atoms with Crippen LogP contribution in [-0.4, -0.2) is 65.9 Å². The maximum Gasteiger partial charge on any atom is 0.312 e. The summed E-state index contributed by atoms with van der Waals surface area (Å²) in [6.45, 7) is 3.77. The van der Waals surface area contributed by atoms with E-state index >= 15 is 0 Å². The van der Waals surface area contributed by atoms with Crippen LogP contribution in [-0.2, 0) is 19.1 Å². The van der Waals surface area contributed by atoms with Crippen molar-refractivity contribution in [1.29, 1.82) is 0 Å². The van der Waals surface area contributed by atoms with Crippen molar-refractivity contribution in [2.24, 2.45) is 5.84 Å². The number of nitrogens with two attached hydrogens (primary N) is 1. The van der Waals surface area contributed by atoms with Crippen LogP contribution in [0.15, 0.2) is 0 Å². The molecule has 2 fully saturated rings. The highest BCUT2D eigenvalue weighted by molar-refractivity contribution is 6.35. The molecule has 2 aliphatic rings. The number of carbonyl (C=O) groups excluding carboxylic acids is 3. The zero-order valence-corrected chi connectivity index (χ0v) is 11.5. The van der Waals surface area contributed by atoms with Crippen LogP contribution >= 0.6 is 0 Å². The standard InChI is InChI=1S/C12H20N4O4/c1-2-15-5-6-16(12(19)11(15)18)7-8-3-4-9(20-8)10(17)14-13/h8-9H,2-7,13H2,1H3,(H,14,17). The first kappa shape index (κ1) is 14.7. The highest BCUT2D eigenvalue weighted by atomic mass is 16.5. The van der Waals surface area contributed by atoms with Crippen LogP contribution in [0.25, 0.3) is 0 Å². The maximum absolute atomic E-state index is 11.9. The van der Waals surface area contributed by atoms with Gasteiger partial charge in [-0.2, -0.15) is 0 Å². The van der Waals surface area contributed by atoms with Gasteiger partial charge in [0.15, 0.2) is 0 Å². The second-order valence-electron chi connectivity index (χ2n) is 4.97. The molecule has 2 rings (SSSR count). The van der Waals surface area contributed by atoms with Crippen LogP contribution in [0.3, 0.4) is 0 Å². The Hall–Kier alpha value is -1.67. The number of rotatable bonds is 4. The Labute approximate surface area is 117 Å². The Bertz CT molecular complexity index is 414. The van der Waals surface area contributed by atoms with Gasteiger partial charge in [0, 0.05) is 26.2 Å². The van der Waals surface area contributed by atoms with Gasteiger partial charge in [-0.05, 0) is 19.8 Å². The van der Waals surface area contributed by atoms with E-state index in [1.807, 2.05) is 6.92 Å². The van der Waals surface area contributed by atoms with Gasteiger partial charge in [0.25, 0.3) is 5.91 Å². The molecule has 3 N–H and O–H groups in total. The number of hydrazine groups is 1. The fourth-order valence-corrected chi connectivity index (χ4v) is 2.56. The fourth-order valence-electron chi connectivity index (χ4n) is 2.56. The number of amides is 3. The molecule has 3 amide bonds. The summed E-state index contributed by atoms with van der Waals surface area (Å²) in [5, 5.41) is 0. The van der Waals surface area contributed by atoms with E-state index in [1.54, 1.807) is 0 Å².